The van der Waals surface area contributed by atoms with Gasteiger partial charge in [0.1, 0.15) is 18.4 Å². The van der Waals surface area contributed by atoms with Crippen LogP contribution < -0.4 is 5.73 Å². The lowest BCUT2D eigenvalue weighted by molar-refractivity contribution is -0.138. The Morgan fingerprint density at radius 2 is 1.81 bits per heavy atom. The predicted molar refractivity (Wildman–Crippen MR) is 87.0 cm³/mol. The van der Waals surface area contributed by atoms with E-state index in [1.165, 1.54) is 18.2 Å². The molecule has 1 atom stereocenters. The number of rotatable bonds is 5. The Hall–Kier alpha value is -1.81. The summed E-state index contributed by atoms with van der Waals surface area (Å²) in [6.07, 6.45) is 0.379. The van der Waals surface area contributed by atoms with Gasteiger partial charge in [-0.1, -0.05) is 24.8 Å². The molecule has 1 aromatic rings. The Bertz CT molecular complexity index is 448. The van der Waals surface area contributed by atoms with Crippen molar-refractivity contribution in [2.75, 3.05) is 6.61 Å². The van der Waals surface area contributed by atoms with E-state index in [1.54, 1.807) is 12.1 Å². The van der Waals surface area contributed by atoms with Crippen molar-refractivity contribution in [3.05, 3.63) is 42.5 Å². The number of benzene rings is 1. The third kappa shape index (κ3) is 11.7. The summed E-state index contributed by atoms with van der Waals surface area (Å²) in [7, 11) is 0. The molecule has 0 spiro atoms. The molecule has 0 amide bonds. The minimum Gasteiger partial charge on any atom is -0.508 e. The van der Waals surface area contributed by atoms with Gasteiger partial charge in [0.25, 0.3) is 0 Å². The number of hydrogen-bond donors (Lipinski definition) is 4. The molecule has 0 bridgehead atoms. The van der Waals surface area contributed by atoms with Crippen LogP contribution in [0.4, 0.5) is 4.79 Å². The third-order valence-electron chi connectivity index (χ3n) is 2.03. The van der Waals surface area contributed by atoms with Crippen LogP contribution in [0.25, 0.3) is 0 Å². The standard InChI is InChI=1S/C9H11NO3.C4H6O3.HI/c10-8(9(12)13)5-6-1-3-7(11)4-2-6;1-2-3-7-4(5)6;/h1-4,8,11H,5,10H2,(H,12,13);2H,1,3H2,(H,5,6);1H. The van der Waals surface area contributed by atoms with Crippen molar-refractivity contribution in [2.24, 2.45) is 5.73 Å². The smallest absolute Gasteiger partial charge is 0.506 e. The Morgan fingerprint density at radius 1 is 1.29 bits per heavy atom. The van der Waals surface area contributed by atoms with Gasteiger partial charge in [0, 0.05) is 0 Å². The average molecular weight is 411 g/mol. The second-order valence-corrected chi connectivity index (χ2v) is 3.68. The van der Waals surface area contributed by atoms with Crippen molar-refractivity contribution in [1.82, 2.24) is 0 Å². The highest BCUT2D eigenvalue weighted by Crippen LogP contribution is 2.10. The maximum absolute atomic E-state index is 10.4. The molecule has 0 aromatic heterocycles. The van der Waals surface area contributed by atoms with Gasteiger partial charge in [0.2, 0.25) is 0 Å². The number of phenolic OH excluding ortho intramolecular Hbond substituents is 1. The van der Waals surface area contributed by atoms with Crippen LogP contribution in [0.1, 0.15) is 5.56 Å². The molecule has 7 nitrogen and oxygen atoms in total. The van der Waals surface area contributed by atoms with E-state index >= 15 is 0 Å². The fourth-order valence-electron chi connectivity index (χ4n) is 1.10. The van der Waals surface area contributed by atoms with Crippen LogP contribution in [0.3, 0.4) is 0 Å². The summed E-state index contributed by atoms with van der Waals surface area (Å²) in [4.78, 5) is 19.9. The summed E-state index contributed by atoms with van der Waals surface area (Å²) in [6, 6.07) is 5.42. The number of hydrogen-bond acceptors (Lipinski definition) is 5. The Labute approximate surface area is 139 Å². The van der Waals surface area contributed by atoms with E-state index in [0.717, 1.165) is 5.56 Å². The summed E-state index contributed by atoms with van der Waals surface area (Å²) in [5.41, 5.74) is 6.12. The van der Waals surface area contributed by atoms with Crippen molar-refractivity contribution >= 4 is 36.1 Å². The lowest BCUT2D eigenvalue weighted by Gasteiger charge is -2.05. The van der Waals surface area contributed by atoms with Crippen LogP contribution in [0.2, 0.25) is 0 Å². The zero-order valence-corrected chi connectivity index (χ0v) is 13.5. The van der Waals surface area contributed by atoms with E-state index in [9.17, 15) is 9.59 Å². The number of aliphatic carboxylic acids is 1. The van der Waals surface area contributed by atoms with E-state index in [4.69, 9.17) is 21.1 Å². The molecule has 0 saturated heterocycles. The first-order chi connectivity index (χ1) is 9.36. The van der Waals surface area contributed by atoms with Crippen LogP contribution in [0.5, 0.6) is 5.75 Å². The van der Waals surface area contributed by atoms with Crippen LogP contribution in [0.15, 0.2) is 36.9 Å². The zero-order valence-electron chi connectivity index (χ0n) is 11.1. The van der Waals surface area contributed by atoms with Crippen molar-refractivity contribution in [3.8, 4) is 5.75 Å². The number of halogens is 1. The Balaban J connectivity index is 0. The van der Waals surface area contributed by atoms with Gasteiger partial charge in [0.15, 0.2) is 0 Å². The van der Waals surface area contributed by atoms with Gasteiger partial charge in [-0.3, -0.25) is 4.79 Å². The number of carboxylic acids is 1. The Morgan fingerprint density at radius 3 is 2.14 bits per heavy atom. The lowest BCUT2D eigenvalue weighted by Crippen LogP contribution is -2.32. The van der Waals surface area contributed by atoms with Crippen molar-refractivity contribution in [1.29, 1.82) is 0 Å². The van der Waals surface area contributed by atoms with Crippen LogP contribution in [-0.2, 0) is 16.0 Å². The minimum atomic E-state index is -1.26. The summed E-state index contributed by atoms with van der Waals surface area (Å²) in [5, 5.41) is 25.3. The topological polar surface area (TPSA) is 130 Å². The molecular formula is C13H18INO6. The molecule has 0 aliphatic rings. The summed E-state index contributed by atoms with van der Waals surface area (Å²) >= 11 is 0. The van der Waals surface area contributed by atoms with Gasteiger partial charge in [-0.05, 0) is 24.1 Å². The second-order valence-electron chi connectivity index (χ2n) is 3.68. The number of carbonyl (C=O) groups is 2. The SMILES string of the molecule is C=CCOC(=O)O.I.NC(Cc1ccc(O)cc1)C(=O)O. The maximum atomic E-state index is 10.4. The first kappa shape index (κ1) is 21.5. The van der Waals surface area contributed by atoms with Gasteiger partial charge in [0.05, 0.1) is 0 Å². The normalized spacial score (nSPS) is 10.1. The van der Waals surface area contributed by atoms with Gasteiger partial charge in [-0.2, -0.15) is 0 Å². The lowest BCUT2D eigenvalue weighted by atomic mass is 10.1. The molecule has 21 heavy (non-hydrogen) atoms. The predicted octanol–water partition coefficient (Wildman–Crippen LogP) is 1.83. The molecule has 0 radical (unpaired) electrons. The van der Waals surface area contributed by atoms with Gasteiger partial charge < -0.3 is 25.8 Å². The van der Waals surface area contributed by atoms with E-state index in [-0.39, 0.29) is 42.8 Å². The molecule has 0 aliphatic heterocycles. The van der Waals surface area contributed by atoms with Crippen molar-refractivity contribution < 1.29 is 29.6 Å². The minimum absolute atomic E-state index is 0. The van der Waals surface area contributed by atoms with Crippen molar-refractivity contribution in [2.45, 2.75) is 12.5 Å². The molecule has 1 unspecified atom stereocenters. The molecule has 0 fully saturated rings. The number of ether oxygens (including phenoxy) is 1. The van der Waals surface area contributed by atoms with E-state index in [2.05, 4.69) is 11.3 Å². The molecule has 118 valence electrons. The molecular weight excluding hydrogens is 393 g/mol. The van der Waals surface area contributed by atoms with Crippen LogP contribution >= 0.6 is 24.0 Å². The molecule has 1 rings (SSSR count). The Kier molecular flexibility index (Phi) is 12.2. The maximum Gasteiger partial charge on any atom is 0.506 e. The van der Waals surface area contributed by atoms with Crippen LogP contribution in [-0.4, -0.2) is 40.1 Å². The quantitative estimate of drug-likeness (QED) is 0.330. The molecule has 5 N–H and O–H groups in total. The highest BCUT2D eigenvalue weighted by Gasteiger charge is 2.11. The van der Waals surface area contributed by atoms with Gasteiger partial charge >= 0.3 is 12.1 Å². The fourth-order valence-corrected chi connectivity index (χ4v) is 1.10. The van der Waals surface area contributed by atoms with E-state index in [0.29, 0.717) is 0 Å². The number of aromatic hydroxyl groups is 1. The summed E-state index contributed by atoms with van der Waals surface area (Å²) in [5.74, 6) is -0.860. The molecule has 8 heteroatoms. The number of phenols is 1. The molecule has 0 aliphatic carbocycles. The average Bonchev–Trinajstić information content (AvgIpc) is 2.39. The highest BCUT2D eigenvalue weighted by molar-refractivity contribution is 14.0. The number of nitrogens with two attached hydrogens (primary N) is 1. The zero-order chi connectivity index (χ0) is 15.5. The van der Waals surface area contributed by atoms with Gasteiger partial charge in [-0.25, -0.2) is 4.79 Å². The second kappa shape index (κ2) is 12.0. The molecule has 0 saturated carbocycles. The van der Waals surface area contributed by atoms with Crippen LogP contribution in [0, 0.1) is 0 Å². The molecule has 1 aromatic carbocycles. The first-order valence-corrected chi connectivity index (χ1v) is 5.59. The van der Waals surface area contributed by atoms with Gasteiger partial charge in [-0.15, -0.1) is 24.0 Å². The summed E-state index contributed by atoms with van der Waals surface area (Å²) in [6.45, 7) is 3.31. The van der Waals surface area contributed by atoms with Crippen molar-refractivity contribution in [3.63, 3.8) is 0 Å². The fraction of sp³-hybridized carbons (Fsp3) is 0.231. The first-order valence-electron chi connectivity index (χ1n) is 5.59. The van der Waals surface area contributed by atoms with E-state index in [1.807, 2.05) is 0 Å². The monoisotopic (exact) mass is 411 g/mol. The van der Waals surface area contributed by atoms with E-state index < -0.39 is 18.2 Å². The summed E-state index contributed by atoms with van der Waals surface area (Å²) < 4.78 is 3.99. The number of carboxylic acid groups (broad SMARTS) is 2. The third-order valence-corrected chi connectivity index (χ3v) is 2.03. The molecule has 0 heterocycles. The highest BCUT2D eigenvalue weighted by atomic mass is 127. The largest absolute Gasteiger partial charge is 0.508 e.